The molecule has 1 saturated carbocycles. The van der Waals surface area contributed by atoms with E-state index in [1.807, 2.05) is 7.11 Å². The Morgan fingerprint density at radius 2 is 2.05 bits per heavy atom. The molecule has 1 fully saturated rings. The van der Waals surface area contributed by atoms with E-state index in [0.717, 1.165) is 6.42 Å². The SMILES string of the molecule is CCc1cccc(C(NN)C(OC)C2CCCCC2)c1. The van der Waals surface area contributed by atoms with Gasteiger partial charge in [0, 0.05) is 7.11 Å². The lowest BCUT2D eigenvalue weighted by Gasteiger charge is -2.35. The number of aryl methyl sites for hydroxylation is 1. The molecule has 1 aromatic rings. The van der Waals surface area contributed by atoms with Crippen LogP contribution >= 0.6 is 0 Å². The largest absolute Gasteiger partial charge is 0.379 e. The van der Waals surface area contributed by atoms with E-state index in [0.29, 0.717) is 5.92 Å². The van der Waals surface area contributed by atoms with Crippen molar-refractivity contribution in [1.82, 2.24) is 5.43 Å². The number of methoxy groups -OCH3 is 1. The van der Waals surface area contributed by atoms with E-state index in [1.165, 1.54) is 43.2 Å². The summed E-state index contributed by atoms with van der Waals surface area (Å²) >= 11 is 0. The summed E-state index contributed by atoms with van der Waals surface area (Å²) in [5.74, 6) is 6.46. The van der Waals surface area contributed by atoms with Crippen LogP contribution in [0.4, 0.5) is 0 Å². The maximum absolute atomic E-state index is 5.85. The van der Waals surface area contributed by atoms with Crippen LogP contribution in [0.25, 0.3) is 0 Å². The molecule has 1 aliphatic rings. The summed E-state index contributed by atoms with van der Waals surface area (Å²) < 4.78 is 5.83. The average Bonchev–Trinajstić information content (AvgIpc) is 2.53. The van der Waals surface area contributed by atoms with Crippen LogP contribution in [0.15, 0.2) is 24.3 Å². The Bertz CT molecular complexity index is 402. The highest BCUT2D eigenvalue weighted by atomic mass is 16.5. The van der Waals surface area contributed by atoms with Gasteiger partial charge in [-0.15, -0.1) is 0 Å². The van der Waals surface area contributed by atoms with Crippen LogP contribution in [-0.4, -0.2) is 13.2 Å². The molecule has 1 aliphatic carbocycles. The van der Waals surface area contributed by atoms with Crippen LogP contribution in [0.5, 0.6) is 0 Å². The maximum atomic E-state index is 5.85. The summed E-state index contributed by atoms with van der Waals surface area (Å²) in [6.07, 6.45) is 7.71. The number of nitrogens with one attached hydrogen (secondary N) is 1. The fourth-order valence-electron chi connectivity index (χ4n) is 3.45. The minimum absolute atomic E-state index is 0.0783. The van der Waals surface area contributed by atoms with E-state index in [-0.39, 0.29) is 12.1 Å². The van der Waals surface area contributed by atoms with Crippen LogP contribution in [0, 0.1) is 5.92 Å². The third-order valence-corrected chi connectivity index (χ3v) is 4.61. The zero-order valence-corrected chi connectivity index (χ0v) is 12.8. The normalized spacial score (nSPS) is 19.8. The molecule has 0 heterocycles. The monoisotopic (exact) mass is 276 g/mol. The molecule has 0 aromatic heterocycles. The van der Waals surface area contributed by atoms with Gasteiger partial charge in [-0.05, 0) is 36.3 Å². The molecule has 3 heteroatoms. The molecule has 0 aliphatic heterocycles. The van der Waals surface area contributed by atoms with Crippen molar-refractivity contribution in [1.29, 1.82) is 0 Å². The second-order valence-electron chi connectivity index (χ2n) is 5.84. The fraction of sp³-hybridized carbons (Fsp3) is 0.647. The molecular formula is C17H28N2O. The van der Waals surface area contributed by atoms with Gasteiger partial charge in [0.2, 0.25) is 0 Å². The van der Waals surface area contributed by atoms with Gasteiger partial charge in [0.25, 0.3) is 0 Å². The molecule has 0 bridgehead atoms. The van der Waals surface area contributed by atoms with E-state index in [9.17, 15) is 0 Å². The molecule has 20 heavy (non-hydrogen) atoms. The summed E-state index contributed by atoms with van der Waals surface area (Å²) in [6.45, 7) is 2.18. The molecular weight excluding hydrogens is 248 g/mol. The number of hydrazine groups is 1. The summed E-state index contributed by atoms with van der Waals surface area (Å²) in [6, 6.07) is 8.76. The summed E-state index contributed by atoms with van der Waals surface area (Å²) in [5.41, 5.74) is 5.58. The van der Waals surface area contributed by atoms with E-state index in [1.54, 1.807) is 0 Å². The minimum atomic E-state index is 0.0783. The van der Waals surface area contributed by atoms with Crippen LogP contribution in [0.1, 0.15) is 56.2 Å². The predicted molar refractivity (Wildman–Crippen MR) is 83.3 cm³/mol. The average molecular weight is 276 g/mol. The Morgan fingerprint density at radius 1 is 1.30 bits per heavy atom. The first-order chi connectivity index (χ1) is 9.80. The van der Waals surface area contributed by atoms with Crippen LogP contribution in [0.3, 0.4) is 0 Å². The highest BCUT2D eigenvalue weighted by Crippen LogP contribution is 2.34. The molecule has 0 radical (unpaired) electrons. The van der Waals surface area contributed by atoms with Gasteiger partial charge in [0.15, 0.2) is 0 Å². The van der Waals surface area contributed by atoms with Crippen molar-refractivity contribution in [3.63, 3.8) is 0 Å². The Hall–Kier alpha value is -0.900. The predicted octanol–water partition coefficient (Wildman–Crippen LogP) is 3.35. The van der Waals surface area contributed by atoms with Gasteiger partial charge in [-0.3, -0.25) is 11.3 Å². The Morgan fingerprint density at radius 3 is 2.65 bits per heavy atom. The first-order valence-electron chi connectivity index (χ1n) is 7.88. The standard InChI is InChI=1S/C17H28N2O/c1-3-13-8-7-11-15(12-13)16(19-18)17(20-2)14-9-5-4-6-10-14/h7-8,11-12,14,16-17,19H,3-6,9-10,18H2,1-2H3. The van der Waals surface area contributed by atoms with Crippen LogP contribution < -0.4 is 11.3 Å². The van der Waals surface area contributed by atoms with E-state index in [2.05, 4.69) is 36.6 Å². The van der Waals surface area contributed by atoms with Gasteiger partial charge in [-0.1, -0.05) is 50.5 Å². The zero-order valence-electron chi connectivity index (χ0n) is 12.8. The van der Waals surface area contributed by atoms with Crippen molar-refractivity contribution >= 4 is 0 Å². The molecule has 3 N–H and O–H groups in total. The number of ether oxygens (including phenoxy) is 1. The van der Waals surface area contributed by atoms with Crippen molar-refractivity contribution in [2.75, 3.05) is 7.11 Å². The highest BCUT2D eigenvalue weighted by Gasteiger charge is 2.31. The second kappa shape index (κ2) is 7.77. The number of nitrogens with two attached hydrogens (primary N) is 1. The molecule has 2 atom stereocenters. The molecule has 1 aromatic carbocycles. The van der Waals surface area contributed by atoms with Gasteiger partial charge in [0.05, 0.1) is 12.1 Å². The third-order valence-electron chi connectivity index (χ3n) is 4.61. The molecule has 112 valence electrons. The highest BCUT2D eigenvalue weighted by molar-refractivity contribution is 5.27. The summed E-state index contributed by atoms with van der Waals surface area (Å²) in [4.78, 5) is 0. The Labute approximate surface area is 122 Å². The van der Waals surface area contributed by atoms with Crippen molar-refractivity contribution in [2.45, 2.75) is 57.6 Å². The lowest BCUT2D eigenvalue weighted by Crippen LogP contribution is -2.42. The number of hydrogen-bond donors (Lipinski definition) is 2. The summed E-state index contributed by atoms with van der Waals surface area (Å²) in [7, 11) is 1.81. The molecule has 3 nitrogen and oxygen atoms in total. The first kappa shape index (κ1) is 15.5. The van der Waals surface area contributed by atoms with Crippen LogP contribution in [0.2, 0.25) is 0 Å². The molecule has 0 saturated heterocycles. The van der Waals surface area contributed by atoms with Crippen molar-refractivity contribution < 1.29 is 4.74 Å². The van der Waals surface area contributed by atoms with Crippen LogP contribution in [-0.2, 0) is 11.2 Å². The zero-order chi connectivity index (χ0) is 14.4. The van der Waals surface area contributed by atoms with Gasteiger partial charge in [0.1, 0.15) is 0 Å². The van der Waals surface area contributed by atoms with Gasteiger partial charge in [-0.2, -0.15) is 0 Å². The van der Waals surface area contributed by atoms with E-state index in [4.69, 9.17) is 10.6 Å². The van der Waals surface area contributed by atoms with Crippen molar-refractivity contribution in [3.8, 4) is 0 Å². The number of benzene rings is 1. The number of hydrogen-bond acceptors (Lipinski definition) is 3. The number of rotatable bonds is 6. The topological polar surface area (TPSA) is 47.3 Å². The maximum Gasteiger partial charge on any atom is 0.0806 e. The van der Waals surface area contributed by atoms with E-state index >= 15 is 0 Å². The van der Waals surface area contributed by atoms with E-state index < -0.39 is 0 Å². The van der Waals surface area contributed by atoms with Gasteiger partial charge < -0.3 is 4.74 Å². The smallest absolute Gasteiger partial charge is 0.0806 e. The third kappa shape index (κ3) is 3.60. The Kier molecular flexibility index (Phi) is 6.02. The molecule has 2 unspecified atom stereocenters. The Balaban J connectivity index is 2.18. The van der Waals surface area contributed by atoms with Crippen molar-refractivity contribution in [2.24, 2.45) is 11.8 Å². The molecule has 0 spiro atoms. The summed E-state index contributed by atoms with van der Waals surface area (Å²) in [5, 5.41) is 0. The first-order valence-corrected chi connectivity index (χ1v) is 7.88. The molecule has 0 amide bonds. The quantitative estimate of drug-likeness (QED) is 0.619. The van der Waals surface area contributed by atoms with Gasteiger partial charge >= 0.3 is 0 Å². The van der Waals surface area contributed by atoms with Crippen molar-refractivity contribution in [3.05, 3.63) is 35.4 Å². The van der Waals surface area contributed by atoms with Gasteiger partial charge in [-0.25, -0.2) is 0 Å². The fourth-order valence-corrected chi connectivity index (χ4v) is 3.45. The molecule has 2 rings (SSSR count). The second-order valence-corrected chi connectivity index (χ2v) is 5.84. The lowest BCUT2D eigenvalue weighted by molar-refractivity contribution is 0.00748. The minimum Gasteiger partial charge on any atom is -0.379 e. The lowest BCUT2D eigenvalue weighted by atomic mass is 9.81.